The summed E-state index contributed by atoms with van der Waals surface area (Å²) in [5.41, 5.74) is 1.16. The maximum absolute atomic E-state index is 13.5. The number of alkyl halides is 3. The van der Waals surface area contributed by atoms with E-state index in [-0.39, 0.29) is 29.8 Å². The van der Waals surface area contributed by atoms with Gasteiger partial charge in [0.15, 0.2) is 5.69 Å². The van der Waals surface area contributed by atoms with Gasteiger partial charge in [-0.25, -0.2) is 4.98 Å². The van der Waals surface area contributed by atoms with Gasteiger partial charge in [0.05, 0.1) is 11.4 Å². The van der Waals surface area contributed by atoms with E-state index in [4.69, 9.17) is 0 Å². The first-order chi connectivity index (χ1) is 15.3. The van der Waals surface area contributed by atoms with E-state index in [1.165, 1.54) is 0 Å². The Labute approximate surface area is 179 Å². The van der Waals surface area contributed by atoms with Crippen molar-refractivity contribution in [1.82, 2.24) is 39.2 Å². The van der Waals surface area contributed by atoms with Crippen molar-refractivity contribution >= 4 is 11.7 Å². The number of aryl methyl sites for hydroxylation is 1. The zero-order valence-electron chi connectivity index (χ0n) is 17.0. The zero-order chi connectivity index (χ0) is 22.5. The molecule has 1 saturated heterocycles. The standard InChI is InChI=1S/C20H19F3N8O/c1-29-6-3-5-16(29)14-8-15(28-27-14)18(32)30-7-2-4-12(10-30)13-9-17(20(21,22)23)31-19(26-13)24-11-25-31/h3,5-6,8-9,11-12H,2,4,7,10H2,1H3,(H,27,28). The summed E-state index contributed by atoms with van der Waals surface area (Å²) in [6, 6.07) is 6.47. The molecule has 1 aliphatic rings. The van der Waals surface area contributed by atoms with E-state index in [2.05, 4.69) is 25.3 Å². The van der Waals surface area contributed by atoms with Gasteiger partial charge in [-0.2, -0.15) is 32.9 Å². The smallest absolute Gasteiger partial charge is 0.349 e. The predicted octanol–water partition coefficient (Wildman–Crippen LogP) is 2.89. The molecule has 166 valence electrons. The molecule has 1 aliphatic heterocycles. The number of H-pyrrole nitrogens is 1. The number of carbonyl (C=O) groups excluding carboxylic acids is 1. The number of hydrogen-bond acceptors (Lipinski definition) is 5. The van der Waals surface area contributed by atoms with Gasteiger partial charge in [-0.15, -0.1) is 0 Å². The van der Waals surface area contributed by atoms with Crippen molar-refractivity contribution in [3.63, 3.8) is 0 Å². The molecule has 5 heterocycles. The van der Waals surface area contributed by atoms with Crippen LogP contribution in [0.3, 0.4) is 0 Å². The number of hydrogen-bond donors (Lipinski definition) is 1. The monoisotopic (exact) mass is 444 g/mol. The highest BCUT2D eigenvalue weighted by Gasteiger charge is 2.37. The highest BCUT2D eigenvalue weighted by Crippen LogP contribution is 2.33. The fraction of sp³-hybridized carbons (Fsp3) is 0.350. The Morgan fingerprint density at radius 3 is 2.88 bits per heavy atom. The SMILES string of the molecule is Cn1cccc1-c1cc(C(=O)N2CCCC(c3cc(C(F)(F)F)n4ncnc4n3)C2)[nH]n1. The summed E-state index contributed by atoms with van der Waals surface area (Å²) in [7, 11) is 1.88. The zero-order valence-corrected chi connectivity index (χ0v) is 17.0. The van der Waals surface area contributed by atoms with Crippen LogP contribution in [0.1, 0.15) is 40.6 Å². The number of aromatic amines is 1. The molecule has 32 heavy (non-hydrogen) atoms. The van der Waals surface area contributed by atoms with Gasteiger partial charge in [0.1, 0.15) is 17.7 Å². The van der Waals surface area contributed by atoms with Crippen LogP contribution in [-0.2, 0) is 13.2 Å². The molecular formula is C20H19F3N8O. The van der Waals surface area contributed by atoms with Gasteiger partial charge in [0, 0.05) is 32.3 Å². The molecule has 1 fully saturated rings. The highest BCUT2D eigenvalue weighted by molar-refractivity contribution is 5.93. The summed E-state index contributed by atoms with van der Waals surface area (Å²) in [5, 5.41) is 10.6. The number of fused-ring (bicyclic) bond motifs is 1. The van der Waals surface area contributed by atoms with Crippen LogP contribution in [-0.4, -0.2) is 58.2 Å². The number of nitrogens with one attached hydrogen (secondary N) is 1. The normalized spacial score (nSPS) is 17.2. The molecule has 0 bridgehead atoms. The van der Waals surface area contributed by atoms with Gasteiger partial charge in [0.25, 0.3) is 11.7 Å². The number of carbonyl (C=O) groups is 1. The van der Waals surface area contributed by atoms with E-state index < -0.39 is 11.9 Å². The van der Waals surface area contributed by atoms with E-state index in [9.17, 15) is 18.0 Å². The lowest BCUT2D eigenvalue weighted by Gasteiger charge is -2.32. The third kappa shape index (κ3) is 3.51. The van der Waals surface area contributed by atoms with Crippen molar-refractivity contribution in [2.45, 2.75) is 24.9 Å². The first-order valence-electron chi connectivity index (χ1n) is 10.1. The predicted molar refractivity (Wildman–Crippen MR) is 107 cm³/mol. The number of halogens is 3. The Kier molecular flexibility index (Phi) is 4.72. The Morgan fingerprint density at radius 2 is 2.12 bits per heavy atom. The maximum atomic E-state index is 13.5. The Bertz CT molecular complexity index is 1290. The fourth-order valence-electron chi connectivity index (χ4n) is 4.10. The van der Waals surface area contributed by atoms with Crippen LogP contribution < -0.4 is 0 Å². The number of aromatic nitrogens is 7. The second-order valence-corrected chi connectivity index (χ2v) is 7.80. The second kappa shape index (κ2) is 7.46. The third-order valence-corrected chi connectivity index (χ3v) is 5.70. The number of likely N-dealkylation sites (tertiary alicyclic amines) is 1. The van der Waals surface area contributed by atoms with E-state index in [0.717, 1.165) is 18.1 Å². The topological polar surface area (TPSA) is 97.0 Å². The summed E-state index contributed by atoms with van der Waals surface area (Å²) >= 11 is 0. The van der Waals surface area contributed by atoms with Gasteiger partial charge < -0.3 is 9.47 Å². The molecule has 4 aromatic rings. The molecule has 1 N–H and O–H groups in total. The van der Waals surface area contributed by atoms with Crippen LogP contribution in [0.25, 0.3) is 17.2 Å². The van der Waals surface area contributed by atoms with Crippen molar-refractivity contribution in [3.05, 3.63) is 53.9 Å². The number of amides is 1. The molecule has 4 aromatic heterocycles. The summed E-state index contributed by atoms with van der Waals surface area (Å²) in [6.07, 6.45) is -0.404. The number of nitrogens with zero attached hydrogens (tertiary/aromatic N) is 7. The molecule has 5 rings (SSSR count). The van der Waals surface area contributed by atoms with Crippen LogP contribution in [0, 0.1) is 0 Å². The van der Waals surface area contributed by atoms with Crippen molar-refractivity contribution in [1.29, 1.82) is 0 Å². The Balaban J connectivity index is 1.40. The molecule has 9 nitrogen and oxygen atoms in total. The lowest BCUT2D eigenvalue weighted by atomic mass is 9.94. The minimum Gasteiger partial charge on any atom is -0.349 e. The average molecular weight is 444 g/mol. The Morgan fingerprint density at radius 1 is 1.28 bits per heavy atom. The lowest BCUT2D eigenvalue weighted by Crippen LogP contribution is -2.39. The van der Waals surface area contributed by atoms with Crippen molar-refractivity contribution in [2.24, 2.45) is 7.05 Å². The lowest BCUT2D eigenvalue weighted by molar-refractivity contribution is -0.142. The van der Waals surface area contributed by atoms with Crippen LogP contribution >= 0.6 is 0 Å². The van der Waals surface area contributed by atoms with E-state index in [1.807, 2.05) is 29.9 Å². The summed E-state index contributed by atoms with van der Waals surface area (Å²) in [6.45, 7) is 0.763. The molecule has 1 atom stereocenters. The number of piperidine rings is 1. The molecule has 0 saturated carbocycles. The first kappa shape index (κ1) is 20.2. The van der Waals surface area contributed by atoms with Gasteiger partial charge in [0.2, 0.25) is 0 Å². The van der Waals surface area contributed by atoms with Crippen molar-refractivity contribution in [2.75, 3.05) is 13.1 Å². The Hall–Kier alpha value is -3.70. The fourth-order valence-corrected chi connectivity index (χ4v) is 4.10. The van der Waals surface area contributed by atoms with E-state index in [1.54, 1.807) is 11.0 Å². The van der Waals surface area contributed by atoms with Crippen LogP contribution in [0.2, 0.25) is 0 Å². The van der Waals surface area contributed by atoms with Gasteiger partial charge >= 0.3 is 6.18 Å². The third-order valence-electron chi connectivity index (χ3n) is 5.70. The second-order valence-electron chi connectivity index (χ2n) is 7.80. The molecule has 1 unspecified atom stereocenters. The average Bonchev–Trinajstić information content (AvgIpc) is 3.52. The van der Waals surface area contributed by atoms with E-state index in [0.29, 0.717) is 35.3 Å². The first-order valence-corrected chi connectivity index (χ1v) is 10.1. The maximum Gasteiger partial charge on any atom is 0.433 e. The van der Waals surface area contributed by atoms with Crippen LogP contribution in [0.5, 0.6) is 0 Å². The molecule has 1 amide bonds. The molecular weight excluding hydrogens is 425 g/mol. The van der Waals surface area contributed by atoms with Gasteiger partial charge in [-0.1, -0.05) is 0 Å². The molecule has 0 aliphatic carbocycles. The van der Waals surface area contributed by atoms with Crippen molar-refractivity contribution in [3.8, 4) is 11.4 Å². The molecule has 0 spiro atoms. The highest BCUT2D eigenvalue weighted by atomic mass is 19.4. The molecule has 0 radical (unpaired) electrons. The largest absolute Gasteiger partial charge is 0.433 e. The van der Waals surface area contributed by atoms with Crippen LogP contribution in [0.15, 0.2) is 36.8 Å². The summed E-state index contributed by atoms with van der Waals surface area (Å²) < 4.78 is 43.1. The van der Waals surface area contributed by atoms with Crippen LogP contribution in [0.4, 0.5) is 13.2 Å². The van der Waals surface area contributed by atoms with E-state index >= 15 is 0 Å². The quantitative estimate of drug-likeness (QED) is 0.524. The number of rotatable bonds is 3. The minimum atomic E-state index is -4.60. The summed E-state index contributed by atoms with van der Waals surface area (Å²) in [4.78, 5) is 22.8. The van der Waals surface area contributed by atoms with Gasteiger partial charge in [-0.05, 0) is 37.1 Å². The minimum absolute atomic E-state index is 0.112. The molecule has 0 aromatic carbocycles. The van der Waals surface area contributed by atoms with Gasteiger partial charge in [-0.3, -0.25) is 9.89 Å². The molecule has 12 heteroatoms. The van der Waals surface area contributed by atoms with Crippen molar-refractivity contribution < 1.29 is 18.0 Å². The summed E-state index contributed by atoms with van der Waals surface area (Å²) in [5.74, 6) is -0.702.